The number of hydrogen-bond donors (Lipinski definition) is 1. The molecule has 28 heavy (non-hydrogen) atoms. The first kappa shape index (κ1) is 20.0. The fourth-order valence-electron chi connectivity index (χ4n) is 2.42. The van der Waals surface area contributed by atoms with Gasteiger partial charge in [-0.05, 0) is 37.6 Å². The van der Waals surface area contributed by atoms with Crippen LogP contribution in [-0.4, -0.2) is 27.9 Å². The lowest BCUT2D eigenvalue weighted by Gasteiger charge is -2.13. The van der Waals surface area contributed by atoms with Crippen molar-refractivity contribution in [3.05, 3.63) is 69.8 Å². The summed E-state index contributed by atoms with van der Waals surface area (Å²) in [5.74, 6) is -0.988. The summed E-state index contributed by atoms with van der Waals surface area (Å²) in [6.45, 7) is 3.50. The highest BCUT2D eigenvalue weighted by atomic mass is 35.5. The number of aromatic nitrogens is 2. The van der Waals surface area contributed by atoms with Gasteiger partial charge >= 0.3 is 5.97 Å². The number of halogens is 1. The number of pyridine rings is 1. The first-order valence-corrected chi connectivity index (χ1v) is 9.76. The highest BCUT2D eigenvalue weighted by molar-refractivity contribution is 7.17. The Hall–Kier alpha value is -2.77. The first-order valence-electron chi connectivity index (χ1n) is 8.56. The third-order valence-corrected chi connectivity index (χ3v) is 5.46. The van der Waals surface area contributed by atoms with E-state index >= 15 is 0 Å². The Labute approximate surface area is 171 Å². The van der Waals surface area contributed by atoms with E-state index in [2.05, 4.69) is 15.3 Å². The standard InChI is InChI=1S/C20H18ClN3O3S/c1-12-17(28-19(24-12)16-9-5-6-10-22-16)20(26)27-13(2)18(25)23-11-14-7-3-4-8-15(14)21/h3-10,13H,11H2,1-2H3,(H,23,25). The molecule has 0 saturated heterocycles. The molecule has 0 radical (unpaired) electrons. The molecule has 6 nitrogen and oxygen atoms in total. The van der Waals surface area contributed by atoms with Crippen molar-refractivity contribution in [1.82, 2.24) is 15.3 Å². The van der Waals surface area contributed by atoms with Gasteiger partial charge < -0.3 is 10.1 Å². The second-order valence-corrected chi connectivity index (χ2v) is 7.41. The van der Waals surface area contributed by atoms with E-state index in [-0.39, 0.29) is 6.54 Å². The summed E-state index contributed by atoms with van der Waals surface area (Å²) < 4.78 is 5.31. The largest absolute Gasteiger partial charge is 0.448 e. The number of esters is 1. The van der Waals surface area contributed by atoms with Gasteiger partial charge in [0.2, 0.25) is 0 Å². The average molecular weight is 416 g/mol. The quantitative estimate of drug-likeness (QED) is 0.615. The summed E-state index contributed by atoms with van der Waals surface area (Å²) in [5, 5.41) is 3.91. The minimum Gasteiger partial charge on any atom is -0.448 e. The Balaban J connectivity index is 1.62. The second kappa shape index (κ2) is 8.95. The molecule has 2 heterocycles. The number of benzene rings is 1. The van der Waals surface area contributed by atoms with Crippen LogP contribution in [0.2, 0.25) is 5.02 Å². The predicted molar refractivity (Wildman–Crippen MR) is 108 cm³/mol. The molecule has 1 amide bonds. The highest BCUT2D eigenvalue weighted by Gasteiger charge is 2.23. The van der Waals surface area contributed by atoms with Gasteiger partial charge in [-0.25, -0.2) is 9.78 Å². The fourth-order valence-corrected chi connectivity index (χ4v) is 3.55. The Morgan fingerprint density at radius 3 is 2.68 bits per heavy atom. The van der Waals surface area contributed by atoms with E-state index < -0.39 is 18.0 Å². The van der Waals surface area contributed by atoms with Crippen molar-refractivity contribution < 1.29 is 14.3 Å². The van der Waals surface area contributed by atoms with Crippen LogP contribution in [0.3, 0.4) is 0 Å². The molecule has 0 aliphatic carbocycles. The van der Waals surface area contributed by atoms with Crippen molar-refractivity contribution >= 4 is 34.8 Å². The Morgan fingerprint density at radius 2 is 1.96 bits per heavy atom. The van der Waals surface area contributed by atoms with Gasteiger partial charge in [0.05, 0.1) is 11.4 Å². The molecule has 0 bridgehead atoms. The van der Waals surface area contributed by atoms with Crippen LogP contribution in [0.1, 0.15) is 27.9 Å². The van der Waals surface area contributed by atoms with Crippen LogP contribution >= 0.6 is 22.9 Å². The van der Waals surface area contributed by atoms with E-state index in [1.54, 1.807) is 19.2 Å². The maximum atomic E-state index is 12.5. The number of hydrogen-bond acceptors (Lipinski definition) is 6. The van der Waals surface area contributed by atoms with Crippen molar-refractivity contribution in [1.29, 1.82) is 0 Å². The molecule has 0 spiro atoms. The zero-order valence-corrected chi connectivity index (χ0v) is 16.9. The summed E-state index contributed by atoms with van der Waals surface area (Å²) in [6, 6.07) is 12.7. The van der Waals surface area contributed by atoms with E-state index in [1.165, 1.54) is 18.3 Å². The number of carbonyl (C=O) groups excluding carboxylic acids is 2. The molecular formula is C20H18ClN3O3S. The predicted octanol–water partition coefficient (Wildman–Crippen LogP) is 4.03. The molecule has 144 valence electrons. The monoisotopic (exact) mass is 415 g/mol. The van der Waals surface area contributed by atoms with Gasteiger partial charge in [0, 0.05) is 17.8 Å². The average Bonchev–Trinajstić information content (AvgIpc) is 3.09. The molecule has 1 atom stereocenters. The van der Waals surface area contributed by atoms with Crippen LogP contribution in [0.25, 0.3) is 10.7 Å². The van der Waals surface area contributed by atoms with E-state index in [0.29, 0.717) is 26.3 Å². The third kappa shape index (κ3) is 4.74. The maximum absolute atomic E-state index is 12.5. The number of carbonyl (C=O) groups is 2. The summed E-state index contributed by atoms with van der Waals surface area (Å²) in [5.41, 5.74) is 2.01. The van der Waals surface area contributed by atoms with Crippen LogP contribution in [0, 0.1) is 6.92 Å². The molecule has 0 fully saturated rings. The second-order valence-electron chi connectivity index (χ2n) is 6.01. The number of nitrogens with zero attached hydrogens (tertiary/aromatic N) is 2. The topological polar surface area (TPSA) is 81.2 Å². The zero-order chi connectivity index (χ0) is 20.1. The molecule has 2 aromatic heterocycles. The Bertz CT molecular complexity index is 991. The number of aryl methyl sites for hydroxylation is 1. The SMILES string of the molecule is Cc1nc(-c2ccccn2)sc1C(=O)OC(C)C(=O)NCc1ccccc1Cl. The third-order valence-electron chi connectivity index (χ3n) is 3.93. The van der Waals surface area contributed by atoms with Crippen molar-refractivity contribution in [3.8, 4) is 10.7 Å². The Kier molecular flexibility index (Phi) is 6.38. The van der Waals surface area contributed by atoms with E-state index in [9.17, 15) is 9.59 Å². The van der Waals surface area contributed by atoms with Crippen molar-refractivity contribution in [2.75, 3.05) is 0 Å². The van der Waals surface area contributed by atoms with Gasteiger partial charge in [-0.1, -0.05) is 35.9 Å². The lowest BCUT2D eigenvalue weighted by atomic mass is 10.2. The molecule has 0 aliphatic rings. The van der Waals surface area contributed by atoms with Crippen molar-refractivity contribution in [2.24, 2.45) is 0 Å². The molecule has 3 rings (SSSR count). The number of rotatable bonds is 6. The molecule has 3 aromatic rings. The maximum Gasteiger partial charge on any atom is 0.351 e. The highest BCUT2D eigenvalue weighted by Crippen LogP contribution is 2.27. The summed E-state index contributed by atoms with van der Waals surface area (Å²) in [7, 11) is 0. The van der Waals surface area contributed by atoms with Crippen LogP contribution in [0.5, 0.6) is 0 Å². The van der Waals surface area contributed by atoms with Gasteiger partial charge in [0.1, 0.15) is 9.88 Å². The number of ether oxygens (including phenoxy) is 1. The van der Waals surface area contributed by atoms with Crippen LogP contribution in [-0.2, 0) is 16.1 Å². The van der Waals surface area contributed by atoms with Crippen LogP contribution in [0.15, 0.2) is 48.7 Å². The summed E-state index contributed by atoms with van der Waals surface area (Å²) >= 11 is 7.26. The normalized spacial score (nSPS) is 11.7. The van der Waals surface area contributed by atoms with Gasteiger partial charge in [0.25, 0.3) is 5.91 Å². The van der Waals surface area contributed by atoms with E-state index in [1.807, 2.05) is 36.4 Å². The lowest BCUT2D eigenvalue weighted by molar-refractivity contribution is -0.129. The molecule has 1 aromatic carbocycles. The Morgan fingerprint density at radius 1 is 1.21 bits per heavy atom. The first-order chi connectivity index (χ1) is 13.5. The molecule has 8 heteroatoms. The molecule has 1 N–H and O–H groups in total. The summed E-state index contributed by atoms with van der Waals surface area (Å²) in [6.07, 6.45) is 0.713. The lowest BCUT2D eigenvalue weighted by Crippen LogP contribution is -2.35. The minimum atomic E-state index is -0.949. The van der Waals surface area contributed by atoms with Gasteiger partial charge in [0.15, 0.2) is 6.10 Å². The minimum absolute atomic E-state index is 0.254. The number of thiazole rings is 1. The van der Waals surface area contributed by atoms with E-state index in [0.717, 1.165) is 5.56 Å². The van der Waals surface area contributed by atoms with Gasteiger partial charge in [-0.3, -0.25) is 9.78 Å². The zero-order valence-electron chi connectivity index (χ0n) is 15.3. The number of amides is 1. The number of nitrogens with one attached hydrogen (secondary N) is 1. The van der Waals surface area contributed by atoms with Crippen molar-refractivity contribution in [3.63, 3.8) is 0 Å². The van der Waals surface area contributed by atoms with Crippen molar-refractivity contribution in [2.45, 2.75) is 26.5 Å². The molecular weight excluding hydrogens is 398 g/mol. The van der Waals surface area contributed by atoms with Crippen LogP contribution in [0.4, 0.5) is 0 Å². The molecule has 0 saturated carbocycles. The summed E-state index contributed by atoms with van der Waals surface area (Å²) in [4.78, 5) is 33.7. The molecule has 0 aliphatic heterocycles. The molecule has 1 unspecified atom stereocenters. The van der Waals surface area contributed by atoms with E-state index in [4.69, 9.17) is 16.3 Å². The van der Waals surface area contributed by atoms with Gasteiger partial charge in [-0.15, -0.1) is 11.3 Å². The fraction of sp³-hybridized carbons (Fsp3) is 0.200. The smallest absolute Gasteiger partial charge is 0.351 e. The van der Waals surface area contributed by atoms with Gasteiger partial charge in [-0.2, -0.15) is 0 Å². The van der Waals surface area contributed by atoms with Crippen LogP contribution < -0.4 is 5.32 Å².